The molecule has 1 aromatic carbocycles. The Hall–Kier alpha value is -3.13. The number of benzene rings is 1. The molecule has 1 aromatic heterocycles. The van der Waals surface area contributed by atoms with E-state index in [2.05, 4.69) is 24.1 Å². The minimum absolute atomic E-state index is 0.109. The molecule has 0 radical (unpaired) electrons. The van der Waals surface area contributed by atoms with Crippen molar-refractivity contribution in [2.24, 2.45) is 5.92 Å². The fraction of sp³-hybridized carbons (Fsp3) is 0.458. The lowest BCUT2D eigenvalue weighted by Crippen LogP contribution is -2.41. The van der Waals surface area contributed by atoms with E-state index in [1.165, 1.54) is 26.3 Å². The van der Waals surface area contributed by atoms with Gasteiger partial charge in [0.1, 0.15) is 18.2 Å². The number of hydrogen-bond donors (Lipinski definition) is 2. The van der Waals surface area contributed by atoms with Crippen LogP contribution in [0, 0.1) is 5.92 Å². The maximum atomic E-state index is 12.7. The Kier molecular flexibility index (Phi) is 9.46. The Morgan fingerprint density at radius 1 is 1.12 bits per heavy atom. The van der Waals surface area contributed by atoms with Gasteiger partial charge in [-0.3, -0.25) is 4.79 Å². The summed E-state index contributed by atoms with van der Waals surface area (Å²) in [6.07, 6.45) is 1.28. The van der Waals surface area contributed by atoms with Gasteiger partial charge >= 0.3 is 5.97 Å². The molecule has 0 spiro atoms. The third kappa shape index (κ3) is 6.68. The first kappa shape index (κ1) is 25.1. The van der Waals surface area contributed by atoms with Crippen molar-refractivity contribution in [3.8, 4) is 11.5 Å². The maximum Gasteiger partial charge on any atom is 0.328 e. The van der Waals surface area contributed by atoms with Crippen LogP contribution in [-0.2, 0) is 14.3 Å². The van der Waals surface area contributed by atoms with Gasteiger partial charge in [-0.05, 0) is 25.3 Å². The highest BCUT2D eigenvalue weighted by Gasteiger charge is 2.28. The number of carbonyl (C=O) groups is 2. The van der Waals surface area contributed by atoms with Crippen LogP contribution in [0.1, 0.15) is 56.3 Å². The highest BCUT2D eigenvalue weighted by atomic mass is 16.6. The Morgan fingerprint density at radius 3 is 2.44 bits per heavy atom. The van der Waals surface area contributed by atoms with Crippen LogP contribution in [0.4, 0.5) is 0 Å². The van der Waals surface area contributed by atoms with E-state index < -0.39 is 35.9 Å². The molecule has 0 aliphatic carbocycles. The number of aromatic nitrogens is 1. The largest absolute Gasteiger partial charge is 0.503 e. The van der Waals surface area contributed by atoms with E-state index >= 15 is 0 Å². The van der Waals surface area contributed by atoms with Gasteiger partial charge in [0.25, 0.3) is 5.91 Å². The molecule has 4 atom stereocenters. The Bertz CT molecular complexity index is 889. The molecule has 0 aliphatic rings. The summed E-state index contributed by atoms with van der Waals surface area (Å²) < 4.78 is 16.7. The number of nitrogens with zero attached hydrogens (tertiary/aromatic N) is 1. The number of ether oxygens (including phenoxy) is 3. The van der Waals surface area contributed by atoms with Crippen molar-refractivity contribution in [1.29, 1.82) is 0 Å². The highest BCUT2D eigenvalue weighted by molar-refractivity contribution is 5.97. The minimum atomic E-state index is -0.969. The zero-order valence-electron chi connectivity index (χ0n) is 19.2. The Balaban J connectivity index is 2.05. The summed E-state index contributed by atoms with van der Waals surface area (Å²) in [4.78, 5) is 29.0. The van der Waals surface area contributed by atoms with E-state index in [9.17, 15) is 14.7 Å². The summed E-state index contributed by atoms with van der Waals surface area (Å²) in [5.74, 6) is -1.26. The molecular weight excluding hydrogens is 412 g/mol. The fourth-order valence-electron chi connectivity index (χ4n) is 2.97. The van der Waals surface area contributed by atoms with Crippen molar-refractivity contribution in [2.45, 2.75) is 52.4 Å². The molecule has 1 heterocycles. The third-order valence-corrected chi connectivity index (χ3v) is 5.14. The Labute approximate surface area is 188 Å². The molecule has 174 valence electrons. The smallest absolute Gasteiger partial charge is 0.328 e. The highest BCUT2D eigenvalue weighted by Crippen LogP contribution is 2.28. The van der Waals surface area contributed by atoms with Crippen molar-refractivity contribution in [3.05, 3.63) is 53.9 Å². The lowest BCUT2D eigenvalue weighted by Gasteiger charge is -2.27. The molecule has 0 fully saturated rings. The first-order valence-electron chi connectivity index (χ1n) is 10.7. The predicted octanol–water partition coefficient (Wildman–Crippen LogP) is 3.65. The second-order valence-corrected chi connectivity index (χ2v) is 7.73. The fourth-order valence-corrected chi connectivity index (χ4v) is 2.97. The number of methoxy groups -OCH3 is 1. The molecule has 2 rings (SSSR count). The van der Waals surface area contributed by atoms with Gasteiger partial charge in [-0.25, -0.2) is 9.78 Å². The van der Waals surface area contributed by atoms with Crippen molar-refractivity contribution in [2.75, 3.05) is 13.7 Å². The van der Waals surface area contributed by atoms with Gasteiger partial charge < -0.3 is 24.6 Å². The van der Waals surface area contributed by atoms with E-state index in [1.54, 1.807) is 6.92 Å². The number of hydrogen-bond acceptors (Lipinski definition) is 7. The predicted molar refractivity (Wildman–Crippen MR) is 120 cm³/mol. The maximum absolute atomic E-state index is 12.7. The van der Waals surface area contributed by atoms with Crippen molar-refractivity contribution >= 4 is 11.9 Å². The Morgan fingerprint density at radius 2 is 1.81 bits per heavy atom. The summed E-state index contributed by atoms with van der Waals surface area (Å²) in [5.41, 5.74) is 0.661. The second-order valence-electron chi connectivity index (χ2n) is 7.73. The van der Waals surface area contributed by atoms with Crippen LogP contribution in [0.2, 0.25) is 0 Å². The van der Waals surface area contributed by atoms with E-state index in [0.717, 1.165) is 12.0 Å². The molecule has 2 N–H and O–H groups in total. The van der Waals surface area contributed by atoms with E-state index in [1.807, 2.05) is 30.3 Å². The standard InChI is InChI=1S/C24H32N2O6/c1-6-15(2)14-31-22(18-10-8-7-9-11-18)17(4)32-24(29)16(3)26-23(28)20-21(27)19(30-5)12-13-25-20/h7-13,15-17,22,27H,6,14H2,1-5H3,(H,26,28)/t15?,16-,17-,22-/m0/s1. The summed E-state index contributed by atoms with van der Waals surface area (Å²) in [7, 11) is 1.37. The topological polar surface area (TPSA) is 107 Å². The molecule has 1 unspecified atom stereocenters. The average Bonchev–Trinajstić information content (AvgIpc) is 2.79. The minimum Gasteiger partial charge on any atom is -0.503 e. The van der Waals surface area contributed by atoms with Crippen molar-refractivity contribution in [1.82, 2.24) is 10.3 Å². The van der Waals surface area contributed by atoms with Gasteiger partial charge in [0.2, 0.25) is 0 Å². The monoisotopic (exact) mass is 444 g/mol. The molecule has 1 amide bonds. The van der Waals surface area contributed by atoms with Crippen LogP contribution in [0.3, 0.4) is 0 Å². The average molecular weight is 445 g/mol. The van der Waals surface area contributed by atoms with Crippen LogP contribution < -0.4 is 10.1 Å². The molecule has 32 heavy (non-hydrogen) atoms. The molecule has 8 nitrogen and oxygen atoms in total. The first-order valence-corrected chi connectivity index (χ1v) is 10.7. The van der Waals surface area contributed by atoms with Gasteiger partial charge in [0.15, 0.2) is 17.2 Å². The summed E-state index contributed by atoms with van der Waals surface area (Å²) in [6.45, 7) is 7.98. The van der Waals surface area contributed by atoms with Crippen LogP contribution in [0.5, 0.6) is 11.5 Å². The number of aromatic hydroxyl groups is 1. The van der Waals surface area contributed by atoms with E-state index in [-0.39, 0.29) is 11.4 Å². The molecule has 8 heteroatoms. The van der Waals surface area contributed by atoms with Crippen LogP contribution in [0.25, 0.3) is 0 Å². The SMILES string of the molecule is CCC(C)CO[C@H](c1ccccc1)[C@H](C)OC(=O)[C@H](C)NC(=O)c1nccc(OC)c1O. The van der Waals surface area contributed by atoms with E-state index in [0.29, 0.717) is 12.5 Å². The first-order chi connectivity index (χ1) is 15.3. The van der Waals surface area contributed by atoms with Crippen molar-refractivity contribution < 1.29 is 28.9 Å². The number of carbonyl (C=O) groups excluding carboxylic acids is 2. The number of rotatable bonds is 11. The molecule has 0 saturated carbocycles. The van der Waals surface area contributed by atoms with Crippen LogP contribution in [-0.4, -0.2) is 47.8 Å². The molecule has 0 saturated heterocycles. The molecule has 0 bridgehead atoms. The quantitative estimate of drug-likeness (QED) is 0.510. The molecular formula is C24H32N2O6. The van der Waals surface area contributed by atoms with Crippen LogP contribution >= 0.6 is 0 Å². The zero-order valence-corrected chi connectivity index (χ0v) is 19.2. The van der Waals surface area contributed by atoms with Crippen molar-refractivity contribution in [3.63, 3.8) is 0 Å². The van der Waals surface area contributed by atoms with E-state index in [4.69, 9.17) is 14.2 Å². The van der Waals surface area contributed by atoms with Gasteiger partial charge in [-0.2, -0.15) is 0 Å². The zero-order chi connectivity index (χ0) is 23.7. The number of nitrogens with one attached hydrogen (secondary N) is 1. The number of pyridine rings is 1. The molecule has 2 aromatic rings. The lowest BCUT2D eigenvalue weighted by molar-refractivity contribution is -0.159. The lowest BCUT2D eigenvalue weighted by atomic mass is 10.0. The van der Waals surface area contributed by atoms with Gasteiger partial charge in [0.05, 0.1) is 13.7 Å². The normalized spacial score (nSPS) is 14.7. The third-order valence-electron chi connectivity index (χ3n) is 5.14. The number of esters is 1. The van der Waals surface area contributed by atoms with Gasteiger partial charge in [-0.15, -0.1) is 0 Å². The summed E-state index contributed by atoms with van der Waals surface area (Å²) in [5, 5.41) is 12.6. The molecule has 0 aliphatic heterocycles. The van der Waals surface area contributed by atoms with Gasteiger partial charge in [0, 0.05) is 12.3 Å². The van der Waals surface area contributed by atoms with Gasteiger partial charge in [-0.1, -0.05) is 50.6 Å². The van der Waals surface area contributed by atoms with Crippen LogP contribution in [0.15, 0.2) is 42.6 Å². The second kappa shape index (κ2) is 12.0. The number of amides is 1. The summed E-state index contributed by atoms with van der Waals surface area (Å²) in [6, 6.07) is 10.0. The summed E-state index contributed by atoms with van der Waals surface area (Å²) >= 11 is 0.